The van der Waals surface area contributed by atoms with Gasteiger partial charge in [-0.05, 0) is 199 Å². The van der Waals surface area contributed by atoms with Gasteiger partial charge in [0.15, 0.2) is 0 Å². The van der Waals surface area contributed by atoms with Crippen LogP contribution in [0.1, 0.15) is 186 Å². The zero-order chi connectivity index (χ0) is 51.8. The van der Waals surface area contributed by atoms with E-state index in [0.29, 0.717) is 0 Å². The van der Waals surface area contributed by atoms with Crippen LogP contribution < -0.4 is 20.6 Å². The Balaban J connectivity index is 1.20. The number of aryl methyl sites for hydroxylation is 1. The molecule has 0 fully saturated rings. The Hall–Kier alpha value is -6.00. The van der Waals surface area contributed by atoms with Gasteiger partial charge < -0.3 is 14.1 Å². The van der Waals surface area contributed by atoms with Gasteiger partial charge in [0.1, 0.15) is 11.2 Å². The molecule has 1 aromatic heterocycles. The number of hydrogen-bond acceptors (Lipinski definition) is 3. The van der Waals surface area contributed by atoms with Crippen LogP contribution in [0.25, 0.3) is 44.2 Å². The summed E-state index contributed by atoms with van der Waals surface area (Å²) in [4.78, 5) is 5.59. The maximum absolute atomic E-state index is 7.40. The van der Waals surface area contributed by atoms with Crippen molar-refractivity contribution < 1.29 is 4.42 Å². The van der Waals surface area contributed by atoms with Crippen LogP contribution in [-0.4, -0.2) is 6.85 Å². The number of anilines is 5. The van der Waals surface area contributed by atoms with Gasteiger partial charge in [-0.15, -0.1) is 0 Å². The van der Waals surface area contributed by atoms with E-state index in [2.05, 4.69) is 223 Å². The Bertz CT molecular complexity index is 3810. The van der Waals surface area contributed by atoms with Crippen molar-refractivity contribution in [2.75, 3.05) is 9.71 Å². The summed E-state index contributed by atoms with van der Waals surface area (Å²) in [6.07, 6.45) is 6.99. The third-order valence-corrected chi connectivity index (χ3v) is 20.8. The number of furan rings is 1. The van der Waals surface area contributed by atoms with Crippen molar-refractivity contribution in [3.63, 3.8) is 0 Å². The molecule has 8 aromatic rings. The molecule has 7 aromatic carbocycles. The molecule has 0 amide bonds. The SMILES string of the molecule is Cc1cc2c(cc1N1c3ccc4c(c3B3c5c1cc1c(oc6ccccc61)c5-c1cc5c(cc1N3c1ccc3c(c1)C(C)(C)CCC3(C)C)C(C)(C)CCC5(C)C)-c1ccccc1C4(C)C)C(C)(C)CCC2(C)C. The first-order valence-corrected chi connectivity index (χ1v) is 28.2. The third kappa shape index (κ3) is 6.03. The van der Waals surface area contributed by atoms with Crippen LogP contribution >= 0.6 is 0 Å². The van der Waals surface area contributed by atoms with Crippen LogP contribution in [-0.2, 0) is 37.9 Å². The topological polar surface area (TPSA) is 19.6 Å². The summed E-state index contributed by atoms with van der Waals surface area (Å²) in [6.45, 7) is 36.9. The molecule has 74 heavy (non-hydrogen) atoms. The second kappa shape index (κ2) is 14.5. The fourth-order valence-corrected chi connectivity index (χ4v) is 15.8. The lowest BCUT2D eigenvalue weighted by Crippen LogP contribution is -2.62. The molecule has 0 radical (unpaired) electrons. The summed E-state index contributed by atoms with van der Waals surface area (Å²) in [5.74, 6) is 0. The van der Waals surface area contributed by atoms with E-state index in [0.717, 1.165) is 36.8 Å². The molecule has 0 saturated heterocycles. The molecule has 0 bridgehead atoms. The van der Waals surface area contributed by atoms with Crippen molar-refractivity contribution in [2.24, 2.45) is 0 Å². The van der Waals surface area contributed by atoms with E-state index in [-0.39, 0.29) is 44.8 Å². The molecule has 2 aliphatic heterocycles. The zero-order valence-corrected chi connectivity index (χ0v) is 47.0. The standard InChI is InChI=1S/C70H75BN2O/c1-40-34-49-52(68(10,11)32-30-65(49,4)5)38-55(40)72-54-27-26-48-59(43-21-16-18-22-46(43)70(48,14)15)61(54)71-62-57(72)37-44-42-20-17-19-23-58(42)74-63(44)60(62)45-36-51-53(69(12,13)33-31-67(51,8)9)39-56(45)73(71)41-24-25-47-50(35-41)66(6,7)29-28-64(47,2)3/h16-27,34-39H,28-33H2,1-15H3. The molecule has 0 atom stereocenters. The molecule has 0 unspecified atom stereocenters. The Kier molecular flexibility index (Phi) is 9.10. The van der Waals surface area contributed by atoms with E-state index < -0.39 is 0 Å². The van der Waals surface area contributed by atoms with Crippen molar-refractivity contribution in [3.8, 4) is 22.3 Å². The molecule has 3 heterocycles. The molecule has 0 saturated carbocycles. The number of nitrogens with zero attached hydrogens (tertiary/aromatic N) is 2. The molecule has 6 aliphatic rings. The smallest absolute Gasteiger partial charge is 0.333 e. The van der Waals surface area contributed by atoms with Gasteiger partial charge in [-0.1, -0.05) is 158 Å². The lowest BCUT2D eigenvalue weighted by atomic mass is 9.42. The van der Waals surface area contributed by atoms with Crippen LogP contribution in [0.5, 0.6) is 0 Å². The van der Waals surface area contributed by atoms with Gasteiger partial charge in [0.05, 0.1) is 0 Å². The maximum atomic E-state index is 7.40. The average molecular weight is 971 g/mol. The van der Waals surface area contributed by atoms with E-state index in [9.17, 15) is 0 Å². The van der Waals surface area contributed by atoms with Gasteiger partial charge in [0, 0.05) is 55.8 Å². The third-order valence-electron chi connectivity index (χ3n) is 20.8. The van der Waals surface area contributed by atoms with Crippen molar-refractivity contribution >= 4 is 68.1 Å². The summed E-state index contributed by atoms with van der Waals surface area (Å²) in [7, 11) is 0. The minimum absolute atomic E-state index is 0.000394. The van der Waals surface area contributed by atoms with E-state index in [1.165, 1.54) is 135 Å². The minimum atomic E-state index is -0.192. The fourth-order valence-electron chi connectivity index (χ4n) is 15.8. The van der Waals surface area contributed by atoms with Gasteiger partial charge in [-0.2, -0.15) is 0 Å². The predicted molar refractivity (Wildman–Crippen MR) is 316 cm³/mol. The summed E-state index contributed by atoms with van der Waals surface area (Å²) >= 11 is 0. The van der Waals surface area contributed by atoms with Crippen molar-refractivity contribution in [3.05, 3.63) is 159 Å². The molecule has 0 N–H and O–H groups in total. The maximum Gasteiger partial charge on any atom is 0.333 e. The number of fused-ring (bicyclic) bond motifs is 15. The molecule has 4 aliphatic carbocycles. The van der Waals surface area contributed by atoms with Gasteiger partial charge in [0.2, 0.25) is 0 Å². The van der Waals surface area contributed by atoms with E-state index in [1.807, 2.05) is 0 Å². The molecular weight excluding hydrogens is 896 g/mol. The van der Waals surface area contributed by atoms with Gasteiger partial charge in [-0.25, -0.2) is 0 Å². The van der Waals surface area contributed by atoms with Crippen LogP contribution in [0.2, 0.25) is 0 Å². The lowest BCUT2D eigenvalue weighted by molar-refractivity contribution is 0.332. The van der Waals surface area contributed by atoms with E-state index in [1.54, 1.807) is 0 Å². The van der Waals surface area contributed by atoms with E-state index in [4.69, 9.17) is 4.42 Å². The highest BCUT2D eigenvalue weighted by Gasteiger charge is 2.53. The van der Waals surface area contributed by atoms with Crippen molar-refractivity contribution in [2.45, 2.75) is 180 Å². The Morgan fingerprint density at radius 2 is 0.932 bits per heavy atom. The normalized spacial score (nSPS) is 21.0. The first-order chi connectivity index (χ1) is 34.8. The van der Waals surface area contributed by atoms with Crippen molar-refractivity contribution in [1.82, 2.24) is 0 Å². The Morgan fingerprint density at radius 1 is 0.405 bits per heavy atom. The molecular formula is C70H75BN2O. The summed E-state index contributed by atoms with van der Waals surface area (Å²) in [5.41, 5.74) is 29.4. The molecule has 4 heteroatoms. The highest BCUT2D eigenvalue weighted by atomic mass is 16.3. The largest absolute Gasteiger partial charge is 0.455 e. The monoisotopic (exact) mass is 971 g/mol. The number of para-hydroxylation sites is 1. The second-order valence-electron chi connectivity index (χ2n) is 28.5. The first kappa shape index (κ1) is 46.5. The van der Waals surface area contributed by atoms with Gasteiger partial charge in [-0.3, -0.25) is 0 Å². The zero-order valence-electron chi connectivity index (χ0n) is 47.0. The van der Waals surface area contributed by atoms with E-state index >= 15 is 0 Å². The Labute approximate surface area is 441 Å². The molecule has 3 nitrogen and oxygen atoms in total. The number of rotatable bonds is 2. The average Bonchev–Trinajstić information content (AvgIpc) is 3.84. The fraction of sp³-hybridized carbons (Fsp3) is 0.400. The van der Waals surface area contributed by atoms with Gasteiger partial charge in [0.25, 0.3) is 0 Å². The molecule has 374 valence electrons. The highest BCUT2D eigenvalue weighted by Crippen LogP contribution is 2.59. The van der Waals surface area contributed by atoms with Gasteiger partial charge >= 0.3 is 6.85 Å². The molecule has 14 rings (SSSR count). The lowest BCUT2D eigenvalue weighted by Gasteiger charge is -2.49. The van der Waals surface area contributed by atoms with Crippen LogP contribution in [0.4, 0.5) is 28.4 Å². The first-order valence-electron chi connectivity index (χ1n) is 28.2. The van der Waals surface area contributed by atoms with Crippen molar-refractivity contribution in [1.29, 1.82) is 0 Å². The number of hydrogen-bond donors (Lipinski definition) is 0. The summed E-state index contributed by atoms with van der Waals surface area (Å²) < 4.78 is 7.40. The molecule has 0 spiro atoms. The highest BCUT2D eigenvalue weighted by molar-refractivity contribution is 6.95. The van der Waals surface area contributed by atoms with Crippen LogP contribution in [0.15, 0.2) is 114 Å². The number of benzene rings is 7. The van der Waals surface area contributed by atoms with Crippen LogP contribution in [0, 0.1) is 6.92 Å². The predicted octanol–water partition coefficient (Wildman–Crippen LogP) is 18.0. The summed E-state index contributed by atoms with van der Waals surface area (Å²) in [6, 6.07) is 43.9. The minimum Gasteiger partial charge on any atom is -0.455 e. The quantitative estimate of drug-likeness (QED) is 0.161. The summed E-state index contributed by atoms with van der Waals surface area (Å²) in [5, 5.41) is 2.35. The second-order valence-corrected chi connectivity index (χ2v) is 28.5. The Morgan fingerprint density at radius 3 is 1.59 bits per heavy atom. The van der Waals surface area contributed by atoms with Crippen LogP contribution in [0.3, 0.4) is 0 Å².